The number of methoxy groups -OCH3 is 1. The van der Waals surface area contributed by atoms with Crippen molar-refractivity contribution in [1.29, 1.82) is 0 Å². The van der Waals surface area contributed by atoms with E-state index in [1.165, 1.54) is 23.0 Å². The van der Waals surface area contributed by atoms with Crippen LogP contribution in [0.15, 0.2) is 80.1 Å². The fourth-order valence-electron chi connectivity index (χ4n) is 5.10. The van der Waals surface area contributed by atoms with Crippen LogP contribution in [0, 0.1) is 3.57 Å². The Morgan fingerprint density at radius 1 is 1.06 bits per heavy atom. The van der Waals surface area contributed by atoms with Crippen molar-refractivity contribution in [2.45, 2.75) is 33.4 Å². The van der Waals surface area contributed by atoms with Crippen LogP contribution in [0.25, 0.3) is 6.08 Å². The molecule has 256 valence electrons. The summed E-state index contributed by atoms with van der Waals surface area (Å²) in [4.78, 5) is 44.4. The number of carbonyl (C=O) groups excluding carboxylic acids is 2. The molecule has 1 aliphatic heterocycles. The number of allylic oxidation sites excluding steroid dienone is 1. The Morgan fingerprint density at radius 3 is 2.53 bits per heavy atom. The lowest BCUT2D eigenvalue weighted by molar-refractivity contribution is -0.143. The highest BCUT2D eigenvalue weighted by Crippen LogP contribution is 2.37. The minimum absolute atomic E-state index is 0.142. The van der Waals surface area contributed by atoms with Crippen molar-refractivity contribution in [2.75, 3.05) is 26.9 Å². The molecule has 0 aliphatic carbocycles. The van der Waals surface area contributed by atoms with Crippen LogP contribution in [0.5, 0.6) is 17.2 Å². The zero-order chi connectivity index (χ0) is 35.2. The van der Waals surface area contributed by atoms with Gasteiger partial charge < -0.3 is 23.7 Å². The number of nitrogens with zero attached hydrogens (tertiary/aromatic N) is 2. The molecule has 0 unspecified atom stereocenters. The SMILES string of the molecule is CCOC(=O)C1=C(C)N=c2s/c(=C\c3cc(Br)c(OCc4ccccc4Cl)c(I)c3)c(=O)n2[C@H]1c1ccc(OCC(=O)OC)c(OCC)c1. The third-order valence-corrected chi connectivity index (χ3v) is 10.1. The number of hydrogen-bond acceptors (Lipinski definition) is 10. The normalized spacial score (nSPS) is 14.2. The van der Waals surface area contributed by atoms with Crippen LogP contribution < -0.4 is 29.1 Å². The van der Waals surface area contributed by atoms with Crippen LogP contribution in [0.1, 0.15) is 43.5 Å². The lowest BCUT2D eigenvalue weighted by Crippen LogP contribution is -2.40. The zero-order valence-electron chi connectivity index (χ0n) is 26.9. The molecule has 4 aromatic rings. The second kappa shape index (κ2) is 16.4. The van der Waals surface area contributed by atoms with Gasteiger partial charge in [0, 0.05) is 10.6 Å². The summed E-state index contributed by atoms with van der Waals surface area (Å²) in [5, 5.41) is 0.622. The number of rotatable bonds is 12. The molecule has 1 aliphatic rings. The molecule has 0 spiro atoms. The first-order valence-corrected chi connectivity index (χ1v) is 18.1. The Labute approximate surface area is 313 Å². The molecule has 0 fully saturated rings. The Hall–Kier alpha value is -3.66. The maximum absolute atomic E-state index is 14.2. The molecule has 49 heavy (non-hydrogen) atoms. The highest BCUT2D eigenvalue weighted by molar-refractivity contribution is 14.1. The number of esters is 2. The third-order valence-electron chi connectivity index (χ3n) is 7.32. The molecule has 3 aromatic carbocycles. The van der Waals surface area contributed by atoms with Crippen molar-refractivity contribution in [3.8, 4) is 17.2 Å². The first-order valence-electron chi connectivity index (χ1n) is 15.1. The molecule has 10 nitrogen and oxygen atoms in total. The fraction of sp³-hybridized carbons (Fsp3) is 0.257. The van der Waals surface area contributed by atoms with E-state index in [4.69, 9.17) is 30.5 Å². The number of ether oxygens (including phenoxy) is 5. The zero-order valence-corrected chi connectivity index (χ0v) is 32.2. The molecular formula is C35H31BrClIN2O8S. The molecule has 1 atom stereocenters. The lowest BCUT2D eigenvalue weighted by Gasteiger charge is -2.25. The summed E-state index contributed by atoms with van der Waals surface area (Å²) >= 11 is 13.3. The van der Waals surface area contributed by atoms with E-state index in [2.05, 4.69) is 48.3 Å². The van der Waals surface area contributed by atoms with Gasteiger partial charge in [0.25, 0.3) is 5.56 Å². The van der Waals surface area contributed by atoms with Crippen LogP contribution in [-0.2, 0) is 25.7 Å². The molecule has 14 heteroatoms. The van der Waals surface area contributed by atoms with Gasteiger partial charge in [0.2, 0.25) is 0 Å². The molecule has 2 heterocycles. The second-order valence-electron chi connectivity index (χ2n) is 10.5. The first-order chi connectivity index (χ1) is 23.6. The largest absolute Gasteiger partial charge is 0.490 e. The van der Waals surface area contributed by atoms with Gasteiger partial charge in [-0.3, -0.25) is 9.36 Å². The molecule has 5 rings (SSSR count). The minimum Gasteiger partial charge on any atom is -0.490 e. The molecule has 0 bridgehead atoms. The van der Waals surface area contributed by atoms with E-state index in [0.717, 1.165) is 14.7 Å². The lowest BCUT2D eigenvalue weighted by atomic mass is 9.95. The average molecular weight is 882 g/mol. The van der Waals surface area contributed by atoms with Crippen molar-refractivity contribution >= 4 is 79.5 Å². The number of hydrogen-bond donors (Lipinski definition) is 0. The summed E-state index contributed by atoms with van der Waals surface area (Å²) in [7, 11) is 1.27. The van der Waals surface area contributed by atoms with E-state index < -0.39 is 18.0 Å². The standard InChI is InChI=1S/C35H31BrClIN2O8S/c1-5-45-27-16-21(11-12-26(27)47-18-29(41)44-4)31-30(34(43)46-6-2)19(3)39-35-40(31)33(42)28(49-35)15-20-13-23(36)32(25(38)14-20)48-17-22-9-7-8-10-24(22)37/h7-16,31H,5-6,17-18H2,1-4H3/b28-15-/t31-/m0/s1. The average Bonchev–Trinajstić information content (AvgIpc) is 3.37. The van der Waals surface area contributed by atoms with Gasteiger partial charge in [0.05, 0.1) is 50.2 Å². The van der Waals surface area contributed by atoms with Gasteiger partial charge in [-0.1, -0.05) is 47.2 Å². The maximum atomic E-state index is 14.2. The van der Waals surface area contributed by atoms with Crippen LogP contribution >= 0.6 is 61.5 Å². The van der Waals surface area contributed by atoms with Crippen molar-refractivity contribution < 1.29 is 33.3 Å². The third kappa shape index (κ3) is 8.22. The predicted octanol–water partition coefficient (Wildman–Crippen LogP) is 6.35. The maximum Gasteiger partial charge on any atom is 0.343 e. The minimum atomic E-state index is -0.876. The number of thiazole rings is 1. The van der Waals surface area contributed by atoms with Gasteiger partial charge in [0.1, 0.15) is 12.4 Å². The highest BCUT2D eigenvalue weighted by Gasteiger charge is 2.34. The second-order valence-corrected chi connectivity index (χ2v) is 13.9. The fourth-order valence-corrected chi connectivity index (χ4v) is 8.11. The molecular weight excluding hydrogens is 851 g/mol. The Balaban J connectivity index is 1.57. The van der Waals surface area contributed by atoms with Crippen molar-refractivity contribution in [3.05, 3.63) is 115 Å². The summed E-state index contributed by atoms with van der Waals surface area (Å²) in [5.74, 6) is 0.153. The van der Waals surface area contributed by atoms with Crippen LogP contribution in [0.4, 0.5) is 0 Å². The van der Waals surface area contributed by atoms with E-state index in [0.29, 0.717) is 53.9 Å². The van der Waals surface area contributed by atoms with Gasteiger partial charge in [-0.05, 0) is 107 Å². The first kappa shape index (κ1) is 36.6. The molecule has 1 aromatic heterocycles. The van der Waals surface area contributed by atoms with E-state index in [1.807, 2.05) is 43.3 Å². The van der Waals surface area contributed by atoms with E-state index in [-0.39, 0.29) is 31.0 Å². The number of fused-ring (bicyclic) bond motifs is 1. The summed E-state index contributed by atoms with van der Waals surface area (Å²) in [6.45, 7) is 5.66. The molecule has 0 radical (unpaired) electrons. The van der Waals surface area contributed by atoms with Crippen molar-refractivity contribution in [3.63, 3.8) is 0 Å². The van der Waals surface area contributed by atoms with Crippen molar-refractivity contribution in [1.82, 2.24) is 4.57 Å². The molecule has 0 amide bonds. The molecule has 0 N–H and O–H groups in total. The van der Waals surface area contributed by atoms with Crippen LogP contribution in [0.2, 0.25) is 5.02 Å². The number of carbonyl (C=O) groups is 2. The smallest absolute Gasteiger partial charge is 0.343 e. The van der Waals surface area contributed by atoms with Crippen molar-refractivity contribution in [2.24, 2.45) is 4.99 Å². The van der Waals surface area contributed by atoms with Gasteiger partial charge in [-0.25, -0.2) is 14.6 Å². The Bertz CT molecular complexity index is 2110. The summed E-state index contributed by atoms with van der Waals surface area (Å²) in [5.41, 5.74) is 2.51. The number of halogens is 3. The number of aromatic nitrogens is 1. The number of benzene rings is 3. The van der Waals surface area contributed by atoms with Crippen LogP contribution in [-0.4, -0.2) is 43.4 Å². The predicted molar refractivity (Wildman–Crippen MR) is 198 cm³/mol. The van der Waals surface area contributed by atoms with E-state index >= 15 is 0 Å². The summed E-state index contributed by atoms with van der Waals surface area (Å²) in [6.07, 6.45) is 1.78. The molecule has 0 saturated carbocycles. The quantitative estimate of drug-likeness (QED) is 0.120. The van der Waals surface area contributed by atoms with Gasteiger partial charge in [0.15, 0.2) is 22.9 Å². The van der Waals surface area contributed by atoms with Gasteiger partial charge >= 0.3 is 11.9 Å². The van der Waals surface area contributed by atoms with E-state index in [1.54, 1.807) is 38.1 Å². The van der Waals surface area contributed by atoms with E-state index in [9.17, 15) is 14.4 Å². The molecule has 0 saturated heterocycles. The van der Waals surface area contributed by atoms with Gasteiger partial charge in [-0.2, -0.15) is 0 Å². The monoisotopic (exact) mass is 880 g/mol. The van der Waals surface area contributed by atoms with Gasteiger partial charge in [-0.15, -0.1) is 0 Å². The topological polar surface area (TPSA) is 115 Å². The summed E-state index contributed by atoms with van der Waals surface area (Å²) in [6, 6.07) is 15.4. The van der Waals surface area contributed by atoms with Crippen LogP contribution in [0.3, 0.4) is 0 Å². The Kier molecular flexibility index (Phi) is 12.2. The summed E-state index contributed by atoms with van der Waals surface area (Å²) < 4.78 is 31.1. The Morgan fingerprint density at radius 2 is 1.84 bits per heavy atom. The highest BCUT2D eigenvalue weighted by atomic mass is 127.